The highest BCUT2D eigenvalue weighted by molar-refractivity contribution is 6.80. The van der Waals surface area contributed by atoms with Crippen molar-refractivity contribution in [3.05, 3.63) is 137 Å². The van der Waals surface area contributed by atoms with E-state index in [-0.39, 0.29) is 5.41 Å². The third-order valence-corrected chi connectivity index (χ3v) is 19.8. The molecule has 3 fully saturated rings. The van der Waals surface area contributed by atoms with Crippen LogP contribution >= 0.6 is 0 Å². The molecule has 0 nitrogen and oxygen atoms in total. The van der Waals surface area contributed by atoms with E-state index in [9.17, 15) is 0 Å². The second-order valence-corrected chi connectivity index (χ2v) is 24.1. The van der Waals surface area contributed by atoms with Gasteiger partial charge in [0, 0.05) is 0 Å². The highest BCUT2D eigenvalue weighted by Crippen LogP contribution is 2.69. The molecule has 3 aromatic carbocycles. The quantitative estimate of drug-likeness (QED) is 0.226. The Balaban J connectivity index is 1.23. The molecule has 1 heteroatoms. The number of hydrogen-bond acceptors (Lipinski definition) is 0. The molecule has 266 valence electrons. The Morgan fingerprint density at radius 1 is 0.667 bits per heavy atom. The minimum absolute atomic E-state index is 0.176. The van der Waals surface area contributed by atoms with E-state index in [0.717, 1.165) is 22.9 Å². The summed E-state index contributed by atoms with van der Waals surface area (Å²) in [5.41, 5.74) is 16.2. The van der Waals surface area contributed by atoms with Crippen molar-refractivity contribution in [2.75, 3.05) is 0 Å². The van der Waals surface area contributed by atoms with Crippen LogP contribution in [0.4, 0.5) is 0 Å². The summed E-state index contributed by atoms with van der Waals surface area (Å²) in [6.07, 6.45) is 15.4. The molecular weight excluding hydrogens is 629 g/mol. The lowest BCUT2D eigenvalue weighted by molar-refractivity contribution is 0.372. The average Bonchev–Trinajstić information content (AvgIpc) is 3.70. The van der Waals surface area contributed by atoms with Crippen LogP contribution < -0.4 is 0 Å². The zero-order valence-corrected chi connectivity index (χ0v) is 33.8. The van der Waals surface area contributed by atoms with Gasteiger partial charge in [-0.15, -0.1) is 0 Å². The Hall–Kier alpha value is -3.16. The predicted molar refractivity (Wildman–Crippen MR) is 223 cm³/mol. The van der Waals surface area contributed by atoms with Crippen LogP contribution in [0.3, 0.4) is 0 Å². The van der Waals surface area contributed by atoms with Crippen LogP contribution in [0, 0.1) is 41.4 Å². The van der Waals surface area contributed by atoms with Gasteiger partial charge in [-0.3, -0.25) is 0 Å². The standard InChI is InChI=1S/C50H62Si/c1-32(2)42-31-43-38(34-26-28-37(29-27-34)50(4,5)6)24-17-25-41(43)49(42)51(7,8)48-33(3)30-44-45(35-18-11-9-12-19-35)39-22-15-16-23-40(39)46(47(44)48)36-20-13-10-14-21-36/h9-14,17-21,24-29,32-33,41-44,47-49H,15-16,22-23,30-31H2,1-8H3/t33?,41?,42?,43-,44-,47?,48?,49-/m0/s1. The SMILES string of the molecule is CC(C)C1C[C@H]2C(c3ccc(C(C)(C)C)cc3)=CC=CC2[C@@H]1[Si](C)(C)C1C(C)C[C@H]2C(c3ccccc3)=C3CCCCC3=C(c3ccccc3)C12. The van der Waals surface area contributed by atoms with Gasteiger partial charge in [0.1, 0.15) is 0 Å². The van der Waals surface area contributed by atoms with E-state index in [1.807, 2.05) is 0 Å². The first kappa shape index (κ1) is 34.9. The Morgan fingerprint density at radius 3 is 1.84 bits per heavy atom. The van der Waals surface area contributed by atoms with Gasteiger partial charge in [-0.2, -0.15) is 0 Å². The molecule has 5 aliphatic rings. The first-order chi connectivity index (χ1) is 24.5. The molecule has 0 saturated heterocycles. The van der Waals surface area contributed by atoms with Crippen molar-refractivity contribution >= 4 is 24.8 Å². The molecule has 0 aromatic heterocycles. The second kappa shape index (κ2) is 13.4. The first-order valence-electron chi connectivity index (χ1n) is 20.5. The van der Waals surface area contributed by atoms with Gasteiger partial charge in [-0.05, 0) is 147 Å². The van der Waals surface area contributed by atoms with E-state index in [1.54, 1.807) is 27.9 Å². The lowest BCUT2D eigenvalue weighted by Gasteiger charge is -2.49. The van der Waals surface area contributed by atoms with Crippen molar-refractivity contribution in [3.63, 3.8) is 0 Å². The number of allylic oxidation sites excluding steroid dienone is 8. The highest BCUT2D eigenvalue weighted by Gasteiger charge is 2.60. The summed E-state index contributed by atoms with van der Waals surface area (Å²) in [6, 6.07) is 33.1. The maximum atomic E-state index is 2.87. The number of benzene rings is 3. The summed E-state index contributed by atoms with van der Waals surface area (Å²) in [6.45, 7) is 20.5. The largest absolute Gasteiger partial charge is 0.0808 e. The number of rotatable bonds is 6. The minimum Gasteiger partial charge on any atom is -0.0808 e. The average molecular weight is 691 g/mol. The zero-order valence-electron chi connectivity index (χ0n) is 32.8. The van der Waals surface area contributed by atoms with Gasteiger partial charge in [0.15, 0.2) is 0 Å². The van der Waals surface area contributed by atoms with Gasteiger partial charge in [-0.25, -0.2) is 0 Å². The van der Waals surface area contributed by atoms with Gasteiger partial charge in [-0.1, -0.05) is 158 Å². The van der Waals surface area contributed by atoms with Gasteiger partial charge >= 0.3 is 0 Å². The Kier molecular flexibility index (Phi) is 9.14. The van der Waals surface area contributed by atoms with Crippen molar-refractivity contribution in [3.8, 4) is 0 Å². The van der Waals surface area contributed by atoms with E-state index in [1.165, 1.54) is 60.8 Å². The molecule has 51 heavy (non-hydrogen) atoms. The van der Waals surface area contributed by atoms with Crippen LogP contribution in [0.25, 0.3) is 16.7 Å². The topological polar surface area (TPSA) is 0 Å². The predicted octanol–water partition coefficient (Wildman–Crippen LogP) is 14.1. The molecule has 3 aromatic rings. The van der Waals surface area contributed by atoms with E-state index in [0.29, 0.717) is 29.6 Å². The summed E-state index contributed by atoms with van der Waals surface area (Å²) in [7, 11) is -1.90. The van der Waals surface area contributed by atoms with Crippen LogP contribution in [-0.4, -0.2) is 8.07 Å². The van der Waals surface area contributed by atoms with Crippen molar-refractivity contribution in [1.29, 1.82) is 0 Å². The molecule has 0 N–H and O–H groups in total. The fourth-order valence-electron chi connectivity index (χ4n) is 12.6. The maximum absolute atomic E-state index is 2.87. The highest BCUT2D eigenvalue weighted by atomic mass is 28.3. The van der Waals surface area contributed by atoms with Gasteiger partial charge < -0.3 is 0 Å². The molecule has 3 saturated carbocycles. The summed E-state index contributed by atoms with van der Waals surface area (Å²) < 4.78 is 0. The van der Waals surface area contributed by atoms with Crippen molar-refractivity contribution in [1.82, 2.24) is 0 Å². The Labute approximate surface area is 311 Å². The summed E-state index contributed by atoms with van der Waals surface area (Å²) >= 11 is 0. The Morgan fingerprint density at radius 2 is 1.25 bits per heavy atom. The molecule has 0 radical (unpaired) electrons. The van der Waals surface area contributed by atoms with E-state index in [4.69, 9.17) is 0 Å². The molecular formula is C50H62Si. The fourth-order valence-corrected chi connectivity index (χ4v) is 19.0. The summed E-state index contributed by atoms with van der Waals surface area (Å²) in [5.74, 6) is 4.66. The van der Waals surface area contributed by atoms with E-state index < -0.39 is 8.07 Å². The lowest BCUT2D eigenvalue weighted by Crippen LogP contribution is -2.47. The van der Waals surface area contributed by atoms with E-state index >= 15 is 0 Å². The third kappa shape index (κ3) is 5.95. The van der Waals surface area contributed by atoms with Crippen molar-refractivity contribution in [2.45, 2.75) is 110 Å². The molecule has 0 amide bonds. The second-order valence-electron chi connectivity index (χ2n) is 19.1. The van der Waals surface area contributed by atoms with Crippen LogP contribution in [0.15, 0.2) is 114 Å². The third-order valence-electron chi connectivity index (χ3n) is 14.6. The summed E-state index contributed by atoms with van der Waals surface area (Å²) in [5, 5.41) is 0. The van der Waals surface area contributed by atoms with Crippen molar-refractivity contribution < 1.29 is 0 Å². The van der Waals surface area contributed by atoms with Gasteiger partial charge in [0.05, 0.1) is 8.07 Å². The van der Waals surface area contributed by atoms with Gasteiger partial charge in [0.25, 0.3) is 0 Å². The maximum Gasteiger partial charge on any atom is 0.0553 e. The number of hydrogen-bond donors (Lipinski definition) is 0. The van der Waals surface area contributed by atoms with Gasteiger partial charge in [0.2, 0.25) is 0 Å². The van der Waals surface area contributed by atoms with Crippen molar-refractivity contribution in [2.24, 2.45) is 41.4 Å². The van der Waals surface area contributed by atoms with Crippen LogP contribution in [-0.2, 0) is 5.41 Å². The normalized spacial score (nSPS) is 30.7. The molecule has 5 aliphatic carbocycles. The minimum atomic E-state index is -1.90. The monoisotopic (exact) mass is 690 g/mol. The van der Waals surface area contributed by atoms with E-state index in [2.05, 4.69) is 158 Å². The fraction of sp³-hybridized carbons (Fsp3) is 0.480. The molecule has 0 spiro atoms. The number of fused-ring (bicyclic) bond motifs is 3. The molecule has 0 heterocycles. The first-order valence-corrected chi connectivity index (χ1v) is 23.7. The Bertz CT molecular complexity index is 1860. The summed E-state index contributed by atoms with van der Waals surface area (Å²) in [4.78, 5) is 0. The van der Waals surface area contributed by atoms with Crippen LogP contribution in [0.1, 0.15) is 102 Å². The zero-order chi connectivity index (χ0) is 35.7. The lowest BCUT2D eigenvalue weighted by atomic mass is 9.66. The van der Waals surface area contributed by atoms with Crippen LogP contribution in [0.2, 0.25) is 24.2 Å². The van der Waals surface area contributed by atoms with Crippen LogP contribution in [0.5, 0.6) is 0 Å². The molecule has 8 atom stereocenters. The molecule has 0 bridgehead atoms. The molecule has 0 aliphatic heterocycles. The molecule has 5 unspecified atom stereocenters. The smallest absolute Gasteiger partial charge is 0.0553 e. The molecule has 8 rings (SSSR count).